The topological polar surface area (TPSA) is 66.4 Å². The fourth-order valence-corrected chi connectivity index (χ4v) is 4.00. The lowest BCUT2D eigenvalue weighted by atomic mass is 10.0. The lowest BCUT2D eigenvalue weighted by molar-refractivity contribution is -0.305. The van der Waals surface area contributed by atoms with E-state index in [1.54, 1.807) is 0 Å². The normalized spacial score (nSPS) is 34.6. The van der Waals surface area contributed by atoms with Crippen molar-refractivity contribution in [2.24, 2.45) is 0 Å². The number of hydrogen-bond donors (Lipinski definition) is 1. The zero-order valence-corrected chi connectivity index (χ0v) is 16.0. The SMILES string of the molecule is C#Cc1ccc(C2OC3OC4C(CO)OC(c5ccc(C#C)cc5)OC4C3O2)cc1. The van der Waals surface area contributed by atoms with Gasteiger partial charge in [0, 0.05) is 22.3 Å². The van der Waals surface area contributed by atoms with E-state index in [1.165, 1.54) is 0 Å². The molecule has 7 atom stereocenters. The molecule has 0 spiro atoms. The van der Waals surface area contributed by atoms with Crippen LogP contribution in [0.5, 0.6) is 0 Å². The molecule has 3 aliphatic heterocycles. The highest BCUT2D eigenvalue weighted by Gasteiger charge is 2.58. The highest BCUT2D eigenvalue weighted by atomic mass is 16.8. The Labute approximate surface area is 174 Å². The molecular weight excluding hydrogens is 384 g/mol. The van der Waals surface area contributed by atoms with Gasteiger partial charge in [-0.25, -0.2) is 0 Å². The van der Waals surface area contributed by atoms with Crippen LogP contribution >= 0.6 is 0 Å². The van der Waals surface area contributed by atoms with Crippen molar-refractivity contribution in [1.82, 2.24) is 0 Å². The molecular formula is C24H20O6. The van der Waals surface area contributed by atoms with Crippen molar-refractivity contribution in [3.8, 4) is 24.7 Å². The lowest BCUT2D eigenvalue weighted by Crippen LogP contribution is -2.50. The zero-order valence-electron chi connectivity index (χ0n) is 16.0. The number of aliphatic hydroxyl groups excluding tert-OH is 1. The van der Waals surface area contributed by atoms with Crippen LogP contribution in [0.1, 0.15) is 34.8 Å². The number of aliphatic hydroxyl groups is 1. The molecule has 0 amide bonds. The molecule has 6 nitrogen and oxygen atoms in total. The van der Waals surface area contributed by atoms with Crippen LogP contribution in [0.4, 0.5) is 0 Å². The van der Waals surface area contributed by atoms with Crippen molar-refractivity contribution < 1.29 is 28.8 Å². The summed E-state index contributed by atoms with van der Waals surface area (Å²) in [6.45, 7) is -0.208. The molecule has 0 aromatic heterocycles. The standard InChI is InChI=1S/C24H20O6/c1-3-14-5-9-16(10-6-14)22-26-18(13-25)19-20(28-22)21-24(27-19)30-23(29-21)17-11-7-15(4-2)8-12-17/h1-2,5-12,18-25H,13H2. The van der Waals surface area contributed by atoms with Gasteiger partial charge in [-0.15, -0.1) is 12.8 Å². The van der Waals surface area contributed by atoms with Crippen LogP contribution in [0, 0.1) is 24.7 Å². The van der Waals surface area contributed by atoms with Gasteiger partial charge >= 0.3 is 0 Å². The van der Waals surface area contributed by atoms with E-state index in [9.17, 15) is 5.11 Å². The molecule has 152 valence electrons. The second-order valence-corrected chi connectivity index (χ2v) is 7.36. The van der Waals surface area contributed by atoms with Gasteiger partial charge in [0.2, 0.25) is 0 Å². The summed E-state index contributed by atoms with van der Waals surface area (Å²) in [7, 11) is 0. The molecule has 7 unspecified atom stereocenters. The molecule has 3 fully saturated rings. The number of benzene rings is 2. The van der Waals surface area contributed by atoms with E-state index in [4.69, 9.17) is 36.5 Å². The highest BCUT2D eigenvalue weighted by Crippen LogP contribution is 2.45. The summed E-state index contributed by atoms with van der Waals surface area (Å²) < 4.78 is 30.2. The van der Waals surface area contributed by atoms with Gasteiger partial charge in [0.05, 0.1) is 6.61 Å². The second-order valence-electron chi connectivity index (χ2n) is 7.36. The summed E-state index contributed by atoms with van der Waals surface area (Å²) in [6.07, 6.45) is 7.02. The van der Waals surface area contributed by atoms with Gasteiger partial charge in [0.25, 0.3) is 0 Å². The largest absolute Gasteiger partial charge is 0.394 e. The molecule has 0 aliphatic carbocycles. The van der Waals surface area contributed by atoms with Gasteiger partial charge in [-0.2, -0.15) is 0 Å². The molecule has 0 radical (unpaired) electrons. The van der Waals surface area contributed by atoms with Crippen LogP contribution in [0.3, 0.4) is 0 Å². The Morgan fingerprint density at radius 2 is 1.20 bits per heavy atom. The predicted molar refractivity (Wildman–Crippen MR) is 106 cm³/mol. The van der Waals surface area contributed by atoms with Gasteiger partial charge in [-0.3, -0.25) is 0 Å². The molecule has 3 saturated heterocycles. The molecule has 1 N–H and O–H groups in total. The highest BCUT2D eigenvalue weighted by molar-refractivity contribution is 5.35. The third kappa shape index (κ3) is 3.30. The van der Waals surface area contributed by atoms with Gasteiger partial charge in [-0.1, -0.05) is 36.1 Å². The fraction of sp³-hybridized carbons (Fsp3) is 0.333. The number of hydrogen-bond acceptors (Lipinski definition) is 6. The van der Waals surface area contributed by atoms with Crippen molar-refractivity contribution >= 4 is 0 Å². The van der Waals surface area contributed by atoms with E-state index in [-0.39, 0.29) is 6.61 Å². The van der Waals surface area contributed by atoms with E-state index in [0.717, 1.165) is 22.3 Å². The first-order valence-corrected chi connectivity index (χ1v) is 9.71. The lowest BCUT2D eigenvalue weighted by Gasteiger charge is -2.38. The Kier molecular flexibility index (Phi) is 5.06. The minimum atomic E-state index is -0.671. The van der Waals surface area contributed by atoms with Crippen LogP contribution in [0.2, 0.25) is 0 Å². The fourth-order valence-electron chi connectivity index (χ4n) is 4.00. The van der Waals surface area contributed by atoms with Crippen molar-refractivity contribution in [1.29, 1.82) is 0 Å². The smallest absolute Gasteiger partial charge is 0.190 e. The number of ether oxygens (including phenoxy) is 5. The van der Waals surface area contributed by atoms with E-state index in [1.807, 2.05) is 48.5 Å². The second kappa shape index (κ2) is 7.86. The summed E-state index contributed by atoms with van der Waals surface area (Å²) >= 11 is 0. The molecule has 3 aliphatic rings. The summed E-state index contributed by atoms with van der Waals surface area (Å²) in [6, 6.07) is 14.8. The van der Waals surface area contributed by atoms with Crippen molar-refractivity contribution in [3.63, 3.8) is 0 Å². The van der Waals surface area contributed by atoms with Gasteiger partial charge in [0.1, 0.15) is 24.4 Å². The summed E-state index contributed by atoms with van der Waals surface area (Å²) in [5, 5.41) is 9.84. The molecule has 2 aromatic rings. The van der Waals surface area contributed by atoms with E-state index >= 15 is 0 Å². The number of fused-ring (bicyclic) bond motifs is 3. The average Bonchev–Trinajstić information content (AvgIpc) is 3.37. The van der Waals surface area contributed by atoms with Crippen molar-refractivity contribution in [2.45, 2.75) is 43.3 Å². The predicted octanol–water partition coefficient (Wildman–Crippen LogP) is 2.26. The van der Waals surface area contributed by atoms with Crippen LogP contribution in [0.15, 0.2) is 48.5 Å². The van der Waals surface area contributed by atoms with Crippen LogP contribution in [0.25, 0.3) is 0 Å². The minimum absolute atomic E-state index is 0.208. The number of terminal acetylenes is 2. The molecule has 3 heterocycles. The summed E-state index contributed by atoms with van der Waals surface area (Å²) in [5.41, 5.74) is 3.19. The first kappa shape index (κ1) is 19.3. The molecule has 30 heavy (non-hydrogen) atoms. The van der Waals surface area contributed by atoms with E-state index in [2.05, 4.69) is 11.8 Å². The van der Waals surface area contributed by atoms with Crippen LogP contribution in [-0.4, -0.2) is 42.4 Å². The van der Waals surface area contributed by atoms with Crippen molar-refractivity contribution in [2.75, 3.05) is 6.61 Å². The van der Waals surface area contributed by atoms with Gasteiger partial charge in [0.15, 0.2) is 18.9 Å². The molecule has 6 heteroatoms. The Bertz CT molecular complexity index is 986. The maximum atomic E-state index is 9.84. The van der Waals surface area contributed by atoms with Gasteiger partial charge < -0.3 is 28.8 Å². The monoisotopic (exact) mass is 404 g/mol. The summed E-state index contributed by atoms with van der Waals surface area (Å²) in [5.74, 6) is 5.17. The first-order chi connectivity index (χ1) is 14.7. The average molecular weight is 404 g/mol. The molecule has 5 rings (SSSR count). The van der Waals surface area contributed by atoms with Crippen LogP contribution in [-0.2, 0) is 23.7 Å². The molecule has 2 aromatic carbocycles. The number of rotatable bonds is 3. The third-order valence-electron chi connectivity index (χ3n) is 5.57. The van der Waals surface area contributed by atoms with E-state index < -0.39 is 43.3 Å². The quantitative estimate of drug-likeness (QED) is 0.792. The van der Waals surface area contributed by atoms with Crippen LogP contribution < -0.4 is 0 Å². The minimum Gasteiger partial charge on any atom is -0.394 e. The summed E-state index contributed by atoms with van der Waals surface area (Å²) in [4.78, 5) is 0. The maximum Gasteiger partial charge on any atom is 0.190 e. The van der Waals surface area contributed by atoms with Gasteiger partial charge in [-0.05, 0) is 24.3 Å². The Hall–Kier alpha value is -2.68. The Balaban J connectivity index is 1.35. The molecule has 0 saturated carbocycles. The Morgan fingerprint density at radius 1 is 0.667 bits per heavy atom. The van der Waals surface area contributed by atoms with Crippen molar-refractivity contribution in [3.05, 3.63) is 70.8 Å². The maximum absolute atomic E-state index is 9.84. The zero-order chi connectivity index (χ0) is 20.7. The molecule has 0 bridgehead atoms. The third-order valence-corrected chi connectivity index (χ3v) is 5.57. The van der Waals surface area contributed by atoms with E-state index in [0.29, 0.717) is 0 Å². The first-order valence-electron chi connectivity index (χ1n) is 9.71. The Morgan fingerprint density at radius 3 is 1.73 bits per heavy atom.